The summed E-state index contributed by atoms with van der Waals surface area (Å²) in [6.45, 7) is 1.64. The number of ether oxygens (including phenoxy) is 1. The smallest absolute Gasteiger partial charge is 0.342 e. The predicted molar refractivity (Wildman–Crippen MR) is 96.6 cm³/mol. The van der Waals surface area contributed by atoms with Crippen molar-refractivity contribution in [1.82, 2.24) is 0 Å². The Labute approximate surface area is 157 Å². The van der Waals surface area contributed by atoms with Crippen LogP contribution in [0.3, 0.4) is 0 Å². The SMILES string of the molecule is C[C@H]1C[C@@H](S)CC(=O)[C@@H](O)[C@@H](O)CCCc2cc(O)cc(O)c2C(=O)O1. The summed E-state index contributed by atoms with van der Waals surface area (Å²) in [7, 11) is 0. The highest BCUT2D eigenvalue weighted by Crippen LogP contribution is 2.30. The average Bonchev–Trinajstić information content (AvgIpc) is 2.51. The molecule has 0 saturated heterocycles. The van der Waals surface area contributed by atoms with Gasteiger partial charge in [-0.2, -0.15) is 12.6 Å². The molecule has 0 amide bonds. The Morgan fingerprint density at radius 3 is 2.58 bits per heavy atom. The second-order valence-corrected chi connectivity index (χ2v) is 7.41. The van der Waals surface area contributed by atoms with E-state index >= 15 is 0 Å². The zero-order valence-electron chi connectivity index (χ0n) is 14.5. The fourth-order valence-electron chi connectivity index (χ4n) is 3.09. The van der Waals surface area contributed by atoms with Crippen molar-refractivity contribution in [2.45, 2.75) is 62.6 Å². The lowest BCUT2D eigenvalue weighted by Gasteiger charge is -2.22. The second kappa shape index (κ2) is 8.75. The lowest BCUT2D eigenvalue weighted by molar-refractivity contribution is -0.133. The molecule has 7 nitrogen and oxygen atoms in total. The number of esters is 1. The Bertz CT molecular complexity index is 676. The maximum atomic E-state index is 12.5. The number of fused-ring (bicyclic) bond motifs is 1. The van der Waals surface area contributed by atoms with Crippen LogP contribution in [-0.2, 0) is 16.0 Å². The van der Waals surface area contributed by atoms with Gasteiger partial charge in [0.2, 0.25) is 0 Å². The van der Waals surface area contributed by atoms with Crippen LogP contribution in [0, 0.1) is 0 Å². The molecule has 1 aromatic carbocycles. The van der Waals surface area contributed by atoms with Gasteiger partial charge < -0.3 is 25.2 Å². The van der Waals surface area contributed by atoms with E-state index in [2.05, 4.69) is 12.6 Å². The maximum absolute atomic E-state index is 12.5. The van der Waals surface area contributed by atoms with Crippen LogP contribution in [0.5, 0.6) is 11.5 Å². The van der Waals surface area contributed by atoms with Gasteiger partial charge in [-0.25, -0.2) is 4.79 Å². The summed E-state index contributed by atoms with van der Waals surface area (Å²) >= 11 is 4.29. The third-order valence-corrected chi connectivity index (χ3v) is 4.77. The zero-order valence-corrected chi connectivity index (χ0v) is 15.4. The Morgan fingerprint density at radius 1 is 1.19 bits per heavy atom. The van der Waals surface area contributed by atoms with E-state index < -0.39 is 35.3 Å². The van der Waals surface area contributed by atoms with E-state index in [-0.39, 0.29) is 42.7 Å². The molecular weight excluding hydrogens is 360 g/mol. The number of cyclic esters (lactones) is 1. The minimum absolute atomic E-state index is 0.0338. The van der Waals surface area contributed by atoms with E-state index in [0.717, 1.165) is 6.07 Å². The molecule has 1 aromatic rings. The summed E-state index contributed by atoms with van der Waals surface area (Å²) in [6.07, 6.45) is -2.42. The van der Waals surface area contributed by atoms with Gasteiger partial charge in [0.05, 0.1) is 6.10 Å². The van der Waals surface area contributed by atoms with Crippen molar-refractivity contribution in [3.05, 3.63) is 23.3 Å². The average molecular weight is 384 g/mol. The van der Waals surface area contributed by atoms with Crippen LogP contribution in [0.4, 0.5) is 0 Å². The number of aryl methyl sites for hydroxylation is 1. The molecule has 4 atom stereocenters. The molecule has 0 saturated carbocycles. The van der Waals surface area contributed by atoms with Crippen molar-refractivity contribution >= 4 is 24.4 Å². The van der Waals surface area contributed by atoms with Gasteiger partial charge in [-0.1, -0.05) is 0 Å². The van der Waals surface area contributed by atoms with Gasteiger partial charge in [0.15, 0.2) is 5.78 Å². The molecule has 0 radical (unpaired) electrons. The second-order valence-electron chi connectivity index (χ2n) is 6.68. The van der Waals surface area contributed by atoms with Crippen LogP contribution in [-0.4, -0.2) is 55.7 Å². The first-order chi connectivity index (χ1) is 12.2. The van der Waals surface area contributed by atoms with Crippen LogP contribution in [0.15, 0.2) is 12.1 Å². The van der Waals surface area contributed by atoms with Crippen molar-refractivity contribution in [2.75, 3.05) is 0 Å². The lowest BCUT2D eigenvalue weighted by Crippen LogP contribution is -2.36. The molecule has 0 unspecified atom stereocenters. The molecule has 4 N–H and O–H groups in total. The molecule has 0 bridgehead atoms. The third-order valence-electron chi connectivity index (χ3n) is 4.38. The normalized spacial score (nSPS) is 28.8. The minimum atomic E-state index is -1.50. The number of aliphatic hydroxyl groups is 2. The van der Waals surface area contributed by atoms with Crippen molar-refractivity contribution in [2.24, 2.45) is 0 Å². The lowest BCUT2D eigenvalue weighted by atomic mass is 9.95. The van der Waals surface area contributed by atoms with E-state index in [1.54, 1.807) is 6.92 Å². The van der Waals surface area contributed by atoms with E-state index in [4.69, 9.17) is 4.74 Å². The van der Waals surface area contributed by atoms with Gasteiger partial charge in [0, 0.05) is 17.7 Å². The van der Waals surface area contributed by atoms with Crippen LogP contribution in [0.1, 0.15) is 48.5 Å². The predicted octanol–water partition coefficient (Wildman–Crippen LogP) is 1.35. The number of phenols is 2. The summed E-state index contributed by atoms with van der Waals surface area (Å²) in [5.74, 6) is -1.82. The van der Waals surface area contributed by atoms with Gasteiger partial charge in [-0.3, -0.25) is 4.79 Å². The topological polar surface area (TPSA) is 124 Å². The maximum Gasteiger partial charge on any atom is 0.342 e. The fourth-order valence-corrected chi connectivity index (χ4v) is 3.56. The van der Waals surface area contributed by atoms with Crippen molar-refractivity contribution in [3.63, 3.8) is 0 Å². The van der Waals surface area contributed by atoms with Gasteiger partial charge in [-0.15, -0.1) is 0 Å². The quantitative estimate of drug-likeness (QED) is 0.338. The van der Waals surface area contributed by atoms with Crippen LogP contribution in [0.25, 0.3) is 0 Å². The fraction of sp³-hybridized carbons (Fsp3) is 0.556. The largest absolute Gasteiger partial charge is 0.508 e. The summed E-state index contributed by atoms with van der Waals surface area (Å²) in [6, 6.07) is 2.41. The molecule has 0 aliphatic carbocycles. The van der Waals surface area contributed by atoms with E-state index in [1.807, 2.05) is 0 Å². The molecule has 8 heteroatoms. The number of hydrogen-bond donors (Lipinski definition) is 5. The molecule has 0 spiro atoms. The van der Waals surface area contributed by atoms with E-state index in [1.165, 1.54) is 6.07 Å². The monoisotopic (exact) mass is 384 g/mol. The van der Waals surface area contributed by atoms with Crippen molar-refractivity contribution < 1.29 is 34.8 Å². The number of carbonyl (C=O) groups is 2. The number of ketones is 1. The van der Waals surface area contributed by atoms with E-state index in [9.17, 15) is 30.0 Å². The van der Waals surface area contributed by atoms with E-state index in [0.29, 0.717) is 12.0 Å². The van der Waals surface area contributed by atoms with Gasteiger partial charge in [-0.05, 0) is 44.2 Å². The number of aromatic hydroxyl groups is 2. The summed E-state index contributed by atoms with van der Waals surface area (Å²) in [5.41, 5.74) is 0.334. The number of hydrogen-bond acceptors (Lipinski definition) is 8. The number of carbonyl (C=O) groups excluding carboxylic acids is 2. The van der Waals surface area contributed by atoms with Gasteiger partial charge in [0.25, 0.3) is 0 Å². The number of Topliss-reactive ketones (excluding diaryl/α,β-unsaturated/α-hetero) is 1. The van der Waals surface area contributed by atoms with Crippen LogP contribution < -0.4 is 0 Å². The molecule has 144 valence electrons. The highest BCUT2D eigenvalue weighted by Gasteiger charge is 2.28. The molecule has 1 heterocycles. The number of phenolic OH excluding ortho intramolecular Hbond substituents is 2. The summed E-state index contributed by atoms with van der Waals surface area (Å²) < 4.78 is 5.34. The number of rotatable bonds is 0. The molecule has 1 aliphatic rings. The first-order valence-corrected chi connectivity index (χ1v) is 9.03. The summed E-state index contributed by atoms with van der Waals surface area (Å²) in [5, 5.41) is 39.3. The molecule has 2 rings (SSSR count). The van der Waals surface area contributed by atoms with Gasteiger partial charge in [0.1, 0.15) is 29.3 Å². The Kier molecular flexibility index (Phi) is 6.91. The zero-order chi connectivity index (χ0) is 19.4. The molecular formula is C18H24O7S. The molecule has 1 aliphatic heterocycles. The number of benzene rings is 1. The standard InChI is InChI=1S/C18H24O7S/c1-9-5-12(26)8-15(22)17(23)13(20)4-2-3-10-6-11(19)7-14(21)16(10)18(24)25-9/h6-7,9,12-13,17,19-21,23,26H,2-5,8H2,1H3/t9-,12+,13-,17-/m0/s1. The van der Waals surface area contributed by atoms with Crippen LogP contribution in [0.2, 0.25) is 0 Å². The Morgan fingerprint density at radius 2 is 1.88 bits per heavy atom. The number of thiol groups is 1. The first kappa shape index (κ1) is 20.5. The van der Waals surface area contributed by atoms with Gasteiger partial charge >= 0.3 is 5.97 Å². The summed E-state index contributed by atoms with van der Waals surface area (Å²) in [4.78, 5) is 24.5. The highest BCUT2D eigenvalue weighted by atomic mass is 32.1. The molecule has 0 aromatic heterocycles. The minimum Gasteiger partial charge on any atom is -0.508 e. The van der Waals surface area contributed by atoms with Crippen molar-refractivity contribution in [3.8, 4) is 11.5 Å². The van der Waals surface area contributed by atoms with Crippen LogP contribution >= 0.6 is 12.6 Å². The molecule has 0 fully saturated rings. The third kappa shape index (κ3) is 5.12. The molecule has 26 heavy (non-hydrogen) atoms. The van der Waals surface area contributed by atoms with Crippen molar-refractivity contribution in [1.29, 1.82) is 0 Å². The Balaban J connectivity index is 2.33. The first-order valence-electron chi connectivity index (χ1n) is 8.51. The number of aliphatic hydroxyl groups excluding tert-OH is 2. The Hall–Kier alpha value is -1.77. The highest BCUT2D eigenvalue weighted by molar-refractivity contribution is 7.81.